The van der Waals surface area contributed by atoms with Gasteiger partial charge in [-0.05, 0) is 30.3 Å². The maximum absolute atomic E-state index is 12.5. The first kappa shape index (κ1) is 13.1. The van der Waals surface area contributed by atoms with Gasteiger partial charge in [0.05, 0.1) is 17.3 Å². The van der Waals surface area contributed by atoms with Crippen molar-refractivity contribution in [2.24, 2.45) is 0 Å². The molecule has 0 fully saturated rings. The summed E-state index contributed by atoms with van der Waals surface area (Å²) >= 11 is 1.34. The molecule has 0 radical (unpaired) electrons. The van der Waals surface area contributed by atoms with E-state index in [-0.39, 0.29) is 17.3 Å². The topological polar surface area (TPSA) is 69.2 Å². The van der Waals surface area contributed by atoms with Crippen LogP contribution in [-0.2, 0) is 0 Å². The van der Waals surface area contributed by atoms with Gasteiger partial charge in [0, 0.05) is 11.8 Å². The van der Waals surface area contributed by atoms with Crippen molar-refractivity contribution >= 4 is 33.1 Å². The summed E-state index contributed by atoms with van der Waals surface area (Å²) in [5, 5.41) is 0.510. The summed E-state index contributed by atoms with van der Waals surface area (Å²) in [5.74, 6) is -0.643. The summed E-state index contributed by atoms with van der Waals surface area (Å²) in [7, 11) is 1.59. The van der Waals surface area contributed by atoms with E-state index in [1.165, 1.54) is 17.5 Å². The monoisotopic (exact) mass is 310 g/mol. The zero-order valence-corrected chi connectivity index (χ0v) is 12.4. The van der Waals surface area contributed by atoms with E-state index in [0.717, 1.165) is 16.0 Å². The molecule has 3 aromatic rings. The normalized spacial score (nSPS) is 17.0. The predicted octanol–water partition coefficient (Wildman–Crippen LogP) is 2.86. The number of methoxy groups -OCH3 is 1. The van der Waals surface area contributed by atoms with Crippen molar-refractivity contribution in [2.75, 3.05) is 7.11 Å². The minimum atomic E-state index is -0.867. The van der Waals surface area contributed by atoms with Gasteiger partial charge in [-0.3, -0.25) is 14.6 Å². The summed E-state index contributed by atoms with van der Waals surface area (Å²) in [6.45, 7) is 0. The molecule has 1 aromatic carbocycles. The lowest BCUT2D eigenvalue weighted by Gasteiger charge is -2.00. The van der Waals surface area contributed by atoms with Crippen LogP contribution in [0, 0.1) is 0 Å². The van der Waals surface area contributed by atoms with Crippen molar-refractivity contribution < 1.29 is 14.3 Å². The van der Waals surface area contributed by atoms with Crippen LogP contribution in [0.25, 0.3) is 10.2 Å². The second-order valence-electron chi connectivity index (χ2n) is 4.95. The molecule has 0 saturated carbocycles. The molecule has 0 saturated heterocycles. The molecule has 1 aliphatic carbocycles. The maximum atomic E-state index is 12.5. The van der Waals surface area contributed by atoms with Crippen molar-refractivity contribution in [3.8, 4) is 5.75 Å². The van der Waals surface area contributed by atoms with Crippen molar-refractivity contribution in [3.63, 3.8) is 0 Å². The first-order valence-electron chi connectivity index (χ1n) is 6.67. The van der Waals surface area contributed by atoms with Crippen LogP contribution in [-0.4, -0.2) is 28.6 Å². The molecule has 6 heteroatoms. The standard InChI is InChI=1S/C16H10N2O3S/c1-21-8-4-5-10-11(7-8)22-16(18-10)12-14(19)9-3-2-6-17-13(9)15(12)20/h2-7,12H,1H3/t12-/m1/s1. The number of benzene rings is 1. The van der Waals surface area contributed by atoms with Gasteiger partial charge in [-0.25, -0.2) is 4.98 Å². The molecule has 1 atom stereocenters. The molecule has 0 N–H and O–H groups in total. The summed E-state index contributed by atoms with van der Waals surface area (Å²) in [4.78, 5) is 33.4. The van der Waals surface area contributed by atoms with E-state index in [2.05, 4.69) is 9.97 Å². The third-order valence-corrected chi connectivity index (χ3v) is 4.77. The Morgan fingerprint density at radius 2 is 2.05 bits per heavy atom. The minimum Gasteiger partial charge on any atom is -0.497 e. The molecule has 0 bridgehead atoms. The van der Waals surface area contributed by atoms with Gasteiger partial charge in [0.15, 0.2) is 11.6 Å². The van der Waals surface area contributed by atoms with Gasteiger partial charge in [-0.15, -0.1) is 11.3 Å². The largest absolute Gasteiger partial charge is 0.497 e. The van der Waals surface area contributed by atoms with Crippen LogP contribution >= 0.6 is 11.3 Å². The zero-order valence-electron chi connectivity index (χ0n) is 11.6. The number of pyridine rings is 1. The fourth-order valence-corrected chi connectivity index (χ4v) is 3.70. The lowest BCUT2D eigenvalue weighted by atomic mass is 10.1. The molecule has 2 heterocycles. The van der Waals surface area contributed by atoms with Gasteiger partial charge in [-0.2, -0.15) is 0 Å². The van der Waals surface area contributed by atoms with Crippen LogP contribution in [0.1, 0.15) is 31.8 Å². The molecular formula is C16H10N2O3S. The first-order valence-corrected chi connectivity index (χ1v) is 7.48. The molecule has 4 rings (SSSR count). The number of hydrogen-bond donors (Lipinski definition) is 0. The Labute approximate surface area is 129 Å². The first-order chi connectivity index (χ1) is 10.7. The van der Waals surface area contributed by atoms with E-state index in [1.54, 1.807) is 25.3 Å². The molecule has 0 amide bonds. The smallest absolute Gasteiger partial charge is 0.199 e. The van der Waals surface area contributed by atoms with Gasteiger partial charge >= 0.3 is 0 Å². The number of ether oxygens (including phenoxy) is 1. The van der Waals surface area contributed by atoms with Gasteiger partial charge in [0.2, 0.25) is 0 Å². The quantitative estimate of drug-likeness (QED) is 0.681. The molecule has 22 heavy (non-hydrogen) atoms. The van der Waals surface area contributed by atoms with Crippen LogP contribution in [0.2, 0.25) is 0 Å². The number of fused-ring (bicyclic) bond motifs is 2. The number of Topliss-reactive ketones (excluding diaryl/α,β-unsaturated/α-hetero) is 2. The fourth-order valence-electron chi connectivity index (χ4n) is 2.61. The summed E-state index contributed by atoms with van der Waals surface area (Å²) in [5.41, 5.74) is 1.38. The number of carbonyl (C=O) groups excluding carboxylic acids is 2. The highest BCUT2D eigenvalue weighted by Gasteiger charge is 2.42. The Morgan fingerprint density at radius 3 is 2.82 bits per heavy atom. The van der Waals surface area contributed by atoms with Crippen LogP contribution < -0.4 is 4.74 Å². The number of rotatable bonds is 2. The highest BCUT2D eigenvalue weighted by atomic mass is 32.1. The number of aromatic nitrogens is 2. The number of carbonyl (C=O) groups is 2. The molecule has 108 valence electrons. The average molecular weight is 310 g/mol. The third kappa shape index (κ3) is 1.77. The molecule has 0 spiro atoms. The minimum absolute atomic E-state index is 0.223. The van der Waals surface area contributed by atoms with E-state index < -0.39 is 5.92 Å². The van der Waals surface area contributed by atoms with E-state index in [4.69, 9.17) is 4.74 Å². The van der Waals surface area contributed by atoms with Crippen molar-refractivity contribution in [1.29, 1.82) is 0 Å². The summed E-state index contributed by atoms with van der Waals surface area (Å²) in [6.07, 6.45) is 1.52. The molecule has 0 unspecified atom stereocenters. The SMILES string of the molecule is COc1ccc2nc([C@@H]3C(=O)c4cccnc4C3=O)sc2c1. The summed E-state index contributed by atoms with van der Waals surface area (Å²) in [6, 6.07) is 8.78. The predicted molar refractivity (Wildman–Crippen MR) is 81.8 cm³/mol. The average Bonchev–Trinajstić information content (AvgIpc) is 3.06. The molecule has 0 aliphatic heterocycles. The number of thiazole rings is 1. The Kier molecular flexibility index (Phi) is 2.80. The third-order valence-electron chi connectivity index (χ3n) is 3.69. The van der Waals surface area contributed by atoms with Crippen LogP contribution in [0.3, 0.4) is 0 Å². The molecule has 2 aromatic heterocycles. The number of ketones is 2. The lowest BCUT2D eigenvalue weighted by molar-refractivity contribution is 0.0888. The summed E-state index contributed by atoms with van der Waals surface area (Å²) < 4.78 is 6.07. The van der Waals surface area contributed by atoms with Crippen molar-refractivity contribution in [1.82, 2.24) is 9.97 Å². The Balaban J connectivity index is 1.83. The fraction of sp³-hybridized carbons (Fsp3) is 0.125. The van der Waals surface area contributed by atoms with E-state index in [9.17, 15) is 9.59 Å². The highest BCUT2D eigenvalue weighted by molar-refractivity contribution is 7.19. The van der Waals surface area contributed by atoms with E-state index in [1.807, 2.05) is 12.1 Å². The molecule has 5 nitrogen and oxygen atoms in total. The van der Waals surface area contributed by atoms with Crippen LogP contribution in [0.4, 0.5) is 0 Å². The second kappa shape index (κ2) is 4.71. The molecular weight excluding hydrogens is 300 g/mol. The van der Waals surface area contributed by atoms with Crippen LogP contribution in [0.15, 0.2) is 36.5 Å². The van der Waals surface area contributed by atoms with E-state index in [0.29, 0.717) is 10.6 Å². The number of nitrogens with zero attached hydrogens (tertiary/aromatic N) is 2. The second-order valence-corrected chi connectivity index (χ2v) is 6.01. The van der Waals surface area contributed by atoms with Crippen molar-refractivity contribution in [2.45, 2.75) is 5.92 Å². The van der Waals surface area contributed by atoms with E-state index >= 15 is 0 Å². The van der Waals surface area contributed by atoms with Crippen LogP contribution in [0.5, 0.6) is 5.75 Å². The van der Waals surface area contributed by atoms with Gasteiger partial charge in [0.25, 0.3) is 0 Å². The van der Waals surface area contributed by atoms with Gasteiger partial charge in [-0.1, -0.05) is 0 Å². The zero-order chi connectivity index (χ0) is 15.3. The highest BCUT2D eigenvalue weighted by Crippen LogP contribution is 2.37. The van der Waals surface area contributed by atoms with Crippen molar-refractivity contribution in [3.05, 3.63) is 52.8 Å². The molecule has 1 aliphatic rings. The Bertz CT molecular complexity index is 897. The maximum Gasteiger partial charge on any atom is 0.199 e. The van der Waals surface area contributed by atoms with Gasteiger partial charge < -0.3 is 4.74 Å². The lowest BCUT2D eigenvalue weighted by Crippen LogP contribution is -2.12. The Hall–Kier alpha value is -2.60. The number of hydrogen-bond acceptors (Lipinski definition) is 6. The Morgan fingerprint density at radius 1 is 1.18 bits per heavy atom. The van der Waals surface area contributed by atoms with Gasteiger partial charge in [0.1, 0.15) is 22.4 Å².